The van der Waals surface area contributed by atoms with Gasteiger partial charge in [0.2, 0.25) is 0 Å². The van der Waals surface area contributed by atoms with Crippen molar-refractivity contribution in [3.8, 4) is 11.5 Å². The van der Waals surface area contributed by atoms with Crippen molar-refractivity contribution in [1.82, 2.24) is 0 Å². The lowest BCUT2D eigenvalue weighted by Crippen LogP contribution is -2.25. The molecule has 2 nitrogen and oxygen atoms in total. The maximum atomic E-state index is 14.7. The molecule has 2 aromatic rings. The summed E-state index contributed by atoms with van der Waals surface area (Å²) in [7, 11) is 0. The number of benzene rings is 2. The van der Waals surface area contributed by atoms with E-state index in [1.807, 2.05) is 0 Å². The number of hydrogen-bond donors (Lipinski definition) is 0. The average Bonchev–Trinajstić information content (AvgIpc) is 2.91. The fourth-order valence-electron chi connectivity index (χ4n) is 6.45. The van der Waals surface area contributed by atoms with Crippen molar-refractivity contribution in [2.45, 2.75) is 103 Å². The molecular weight excluding hydrogens is 499 g/mol. The van der Waals surface area contributed by atoms with E-state index in [4.69, 9.17) is 4.74 Å². The number of ether oxygens (including phenoxy) is 2. The lowest BCUT2D eigenvalue weighted by molar-refractivity contribution is -0.185. The minimum absolute atomic E-state index is 0.348. The second-order valence-electron chi connectivity index (χ2n) is 11.1. The van der Waals surface area contributed by atoms with Crippen molar-refractivity contribution < 1.29 is 31.4 Å². The Morgan fingerprint density at radius 3 is 2.05 bits per heavy atom. The molecule has 0 spiro atoms. The molecule has 0 heterocycles. The Bertz CT molecular complexity index is 994. The van der Waals surface area contributed by atoms with Crippen molar-refractivity contribution in [2.75, 3.05) is 0 Å². The van der Waals surface area contributed by atoms with Crippen LogP contribution in [0, 0.1) is 23.6 Å². The number of unbranched alkanes of at least 4 members (excludes halogenated alkanes) is 2. The van der Waals surface area contributed by atoms with Crippen molar-refractivity contribution >= 4 is 0 Å². The summed E-state index contributed by atoms with van der Waals surface area (Å²) in [6.45, 7) is -0.957. The van der Waals surface area contributed by atoms with E-state index in [0.29, 0.717) is 12.0 Å². The molecule has 2 aliphatic rings. The molecule has 0 unspecified atom stereocenters. The summed E-state index contributed by atoms with van der Waals surface area (Å²) in [5.74, 6) is 0.514. The van der Waals surface area contributed by atoms with Crippen LogP contribution in [-0.2, 0) is 6.11 Å². The third kappa shape index (κ3) is 7.63. The Morgan fingerprint density at radius 2 is 1.47 bits per heavy atom. The van der Waals surface area contributed by atoms with Crippen LogP contribution in [0.15, 0.2) is 42.5 Å². The van der Waals surface area contributed by atoms with Gasteiger partial charge in [-0.1, -0.05) is 57.6 Å². The fraction of sp³-hybridized carbons (Fsp3) is 0.613. The zero-order valence-corrected chi connectivity index (χ0v) is 22.1. The Kier molecular flexibility index (Phi) is 9.94. The molecule has 0 N–H and O–H groups in total. The average molecular weight is 539 g/mol. The first-order valence-electron chi connectivity index (χ1n) is 14.2. The monoisotopic (exact) mass is 538 g/mol. The molecule has 0 bridgehead atoms. The van der Waals surface area contributed by atoms with E-state index >= 15 is 0 Å². The highest BCUT2D eigenvalue weighted by atomic mass is 19.3. The predicted molar refractivity (Wildman–Crippen MR) is 138 cm³/mol. The first kappa shape index (κ1) is 28.7. The van der Waals surface area contributed by atoms with E-state index in [9.17, 15) is 22.0 Å². The Labute approximate surface area is 222 Å². The molecule has 2 fully saturated rings. The van der Waals surface area contributed by atoms with Crippen molar-refractivity contribution in [3.63, 3.8) is 0 Å². The van der Waals surface area contributed by atoms with Crippen LogP contribution in [0.1, 0.15) is 101 Å². The van der Waals surface area contributed by atoms with Gasteiger partial charge in [0.25, 0.3) is 0 Å². The van der Waals surface area contributed by atoms with Crippen LogP contribution >= 0.6 is 0 Å². The minimum Gasteiger partial charge on any atom is -0.432 e. The molecule has 210 valence electrons. The van der Waals surface area contributed by atoms with Crippen LogP contribution in [0.25, 0.3) is 0 Å². The van der Waals surface area contributed by atoms with E-state index < -0.39 is 30.0 Å². The lowest BCUT2D eigenvalue weighted by atomic mass is 9.68. The quantitative estimate of drug-likeness (QED) is 0.209. The highest BCUT2D eigenvalue weighted by molar-refractivity contribution is 5.34. The van der Waals surface area contributed by atoms with Gasteiger partial charge in [-0.25, -0.2) is 4.39 Å². The molecule has 0 radical (unpaired) electrons. The van der Waals surface area contributed by atoms with Gasteiger partial charge in [-0.3, -0.25) is 0 Å². The number of hydrogen-bond acceptors (Lipinski definition) is 2. The number of rotatable bonds is 11. The summed E-state index contributed by atoms with van der Waals surface area (Å²) < 4.78 is 76.6. The largest absolute Gasteiger partial charge is 0.432 e. The molecular formula is C31H39F5O2. The van der Waals surface area contributed by atoms with Gasteiger partial charge < -0.3 is 9.47 Å². The van der Waals surface area contributed by atoms with Gasteiger partial charge >= 0.3 is 12.7 Å². The van der Waals surface area contributed by atoms with Gasteiger partial charge in [-0.15, -0.1) is 0 Å². The van der Waals surface area contributed by atoms with Gasteiger partial charge in [-0.2, -0.15) is 17.6 Å². The SMILES string of the molecule is CCCCC[C@H]1CC[C@H](C2CCC(c3ccc(C(F)(F)Oc4ccc(OC(F)F)c(F)c4)cc3)CC2)CC1. The maximum absolute atomic E-state index is 14.7. The summed E-state index contributed by atoms with van der Waals surface area (Å²) in [5.41, 5.74) is 0.709. The molecule has 2 saturated carbocycles. The van der Waals surface area contributed by atoms with Crippen molar-refractivity contribution in [3.05, 3.63) is 59.4 Å². The van der Waals surface area contributed by atoms with Crippen LogP contribution in [0.2, 0.25) is 0 Å². The van der Waals surface area contributed by atoms with Gasteiger partial charge in [0.1, 0.15) is 5.75 Å². The Hall–Kier alpha value is -2.31. The van der Waals surface area contributed by atoms with Gasteiger partial charge in [0.15, 0.2) is 11.6 Å². The third-order valence-electron chi connectivity index (χ3n) is 8.63. The Morgan fingerprint density at radius 1 is 0.842 bits per heavy atom. The zero-order valence-electron chi connectivity index (χ0n) is 22.1. The van der Waals surface area contributed by atoms with Crippen LogP contribution in [-0.4, -0.2) is 6.61 Å². The molecule has 2 aromatic carbocycles. The topological polar surface area (TPSA) is 18.5 Å². The molecule has 0 aromatic heterocycles. The lowest BCUT2D eigenvalue weighted by Gasteiger charge is -2.38. The normalized spacial score (nSPS) is 24.4. The van der Waals surface area contributed by atoms with E-state index in [1.165, 1.54) is 76.3 Å². The van der Waals surface area contributed by atoms with Crippen molar-refractivity contribution in [1.29, 1.82) is 0 Å². The summed E-state index contributed by atoms with van der Waals surface area (Å²) in [6, 6.07) is 8.60. The molecule has 38 heavy (non-hydrogen) atoms. The van der Waals surface area contributed by atoms with Crippen LogP contribution in [0.3, 0.4) is 0 Å². The number of halogens is 5. The minimum atomic E-state index is -3.71. The molecule has 4 rings (SSSR count). The summed E-state index contributed by atoms with van der Waals surface area (Å²) in [4.78, 5) is 0. The van der Waals surface area contributed by atoms with Gasteiger partial charge in [-0.05, 0) is 92.0 Å². The fourth-order valence-corrected chi connectivity index (χ4v) is 6.45. The van der Waals surface area contributed by atoms with Crippen molar-refractivity contribution in [2.24, 2.45) is 17.8 Å². The summed E-state index contributed by atoms with van der Waals surface area (Å²) in [6.07, 6.45) is 11.8. The van der Waals surface area contributed by atoms with Crippen LogP contribution < -0.4 is 9.47 Å². The van der Waals surface area contributed by atoms with Gasteiger partial charge in [0, 0.05) is 6.07 Å². The third-order valence-corrected chi connectivity index (χ3v) is 8.63. The molecule has 2 aliphatic carbocycles. The summed E-state index contributed by atoms with van der Waals surface area (Å²) in [5, 5.41) is 0. The first-order valence-corrected chi connectivity index (χ1v) is 14.2. The first-order chi connectivity index (χ1) is 18.2. The zero-order chi connectivity index (χ0) is 27.1. The van der Waals surface area contributed by atoms with E-state index in [0.717, 1.165) is 48.3 Å². The van der Waals surface area contributed by atoms with E-state index in [1.54, 1.807) is 12.1 Å². The predicted octanol–water partition coefficient (Wildman–Crippen LogP) is 10.2. The molecule has 7 heteroatoms. The number of alkyl halides is 4. The van der Waals surface area contributed by atoms with E-state index in [-0.39, 0.29) is 5.56 Å². The second-order valence-corrected chi connectivity index (χ2v) is 11.1. The second kappa shape index (κ2) is 13.2. The van der Waals surface area contributed by atoms with Crippen LogP contribution in [0.4, 0.5) is 22.0 Å². The van der Waals surface area contributed by atoms with E-state index in [2.05, 4.69) is 11.7 Å². The highest BCUT2D eigenvalue weighted by Crippen LogP contribution is 2.45. The maximum Gasteiger partial charge on any atom is 0.426 e. The summed E-state index contributed by atoms with van der Waals surface area (Å²) >= 11 is 0. The standard InChI is InChI=1S/C31H39F5O2/c1-2-3-4-5-21-6-8-22(9-7-21)23-10-12-24(13-11-23)25-14-16-26(17-15-25)31(35,36)38-27-18-19-29(28(32)20-27)37-30(33)34/h14-24,30H,2-13H2,1H3/t21-,22-,23?,24?. The highest BCUT2D eigenvalue weighted by Gasteiger charge is 2.36. The van der Waals surface area contributed by atoms with Gasteiger partial charge in [0.05, 0.1) is 5.56 Å². The molecule has 0 aliphatic heterocycles. The molecule has 0 amide bonds. The Balaban J connectivity index is 1.27. The molecule has 0 atom stereocenters. The van der Waals surface area contributed by atoms with Crippen LogP contribution in [0.5, 0.6) is 11.5 Å². The molecule has 0 saturated heterocycles. The smallest absolute Gasteiger partial charge is 0.426 e.